The summed E-state index contributed by atoms with van der Waals surface area (Å²) < 4.78 is 17.5. The molecule has 0 saturated carbocycles. The van der Waals surface area contributed by atoms with Crippen molar-refractivity contribution in [3.05, 3.63) is 290 Å². The fourth-order valence-corrected chi connectivity index (χ4v) is 15.7. The number of anilines is 6. The molecule has 5 nitrogen and oxygen atoms in total. The number of hydrogen-bond acceptors (Lipinski definition) is 4. The molecule has 0 radical (unpaired) electrons. The molecule has 0 N–H and O–H groups in total. The molecule has 0 fully saturated rings. The van der Waals surface area contributed by atoms with Gasteiger partial charge in [0, 0.05) is 66.7 Å². The molecular weight excluding hydrogens is 1120 g/mol. The lowest BCUT2D eigenvalue weighted by Crippen LogP contribution is -2.62. The van der Waals surface area contributed by atoms with Crippen LogP contribution in [-0.4, -0.2) is 11.3 Å². The first kappa shape index (κ1) is 53.9. The summed E-state index contributed by atoms with van der Waals surface area (Å²) in [6.45, 7) is 13.9. The fraction of sp³-hybridized carbons (Fsp3) is 0.0930. The predicted molar refractivity (Wildman–Crippen MR) is 385 cm³/mol. The van der Waals surface area contributed by atoms with Crippen LogP contribution in [-0.2, 0) is 10.8 Å². The van der Waals surface area contributed by atoms with E-state index in [1.807, 2.05) is 0 Å². The van der Waals surface area contributed by atoms with Crippen molar-refractivity contribution in [2.45, 2.75) is 52.4 Å². The van der Waals surface area contributed by atoms with Gasteiger partial charge in [-0.3, -0.25) is 0 Å². The van der Waals surface area contributed by atoms with Crippen LogP contribution in [0.25, 0.3) is 94.3 Å². The van der Waals surface area contributed by atoms with Crippen molar-refractivity contribution in [2.75, 3.05) is 9.80 Å². The van der Waals surface area contributed by atoms with Crippen molar-refractivity contribution in [3.63, 3.8) is 0 Å². The van der Waals surface area contributed by atoms with Crippen molar-refractivity contribution in [2.24, 2.45) is 0 Å². The number of aromatic nitrogens is 1. The third-order valence-corrected chi connectivity index (χ3v) is 19.6. The van der Waals surface area contributed by atoms with Crippen molar-refractivity contribution in [1.82, 2.24) is 4.57 Å². The minimum atomic E-state index is -0.347. The highest BCUT2D eigenvalue weighted by Gasteiger charge is 2.49. The van der Waals surface area contributed by atoms with Gasteiger partial charge in [-0.2, -0.15) is 0 Å². The maximum absolute atomic E-state index is 7.48. The van der Waals surface area contributed by atoms with E-state index >= 15 is 0 Å². The minimum Gasteiger partial charge on any atom is -0.456 e. The Kier molecular flexibility index (Phi) is 11.8. The summed E-state index contributed by atoms with van der Waals surface area (Å²) in [6.07, 6.45) is 0. The molecule has 5 heterocycles. The zero-order chi connectivity index (χ0) is 61.7. The minimum absolute atomic E-state index is 0.320. The molecule has 438 valence electrons. The molecule has 13 aromatic carbocycles. The summed E-state index contributed by atoms with van der Waals surface area (Å²) in [4.78, 5) is 5.47. The van der Waals surface area contributed by atoms with E-state index in [0.29, 0.717) is 0 Å². The lowest BCUT2D eigenvalue weighted by molar-refractivity contribution is 0.486. The Morgan fingerprint density at radius 1 is 0.304 bits per heavy atom. The van der Waals surface area contributed by atoms with Gasteiger partial charge in [-0.15, -0.1) is 0 Å². The summed E-state index contributed by atoms with van der Waals surface area (Å²) in [5.41, 5.74) is 28.3. The second-order valence-electron chi connectivity index (χ2n) is 27.0. The maximum atomic E-state index is 7.48. The Morgan fingerprint density at radius 3 is 1.09 bits per heavy atom. The normalized spacial score (nSPS) is 13.2. The number of hydrogen-bond donors (Lipinski definition) is 0. The Labute approximate surface area is 537 Å². The first-order valence-corrected chi connectivity index (χ1v) is 32.2. The molecule has 92 heavy (non-hydrogen) atoms. The average molecular weight is 1180 g/mol. The van der Waals surface area contributed by atoms with Gasteiger partial charge in [-0.05, 0) is 109 Å². The molecule has 0 saturated heterocycles. The number of benzene rings is 13. The second kappa shape index (κ2) is 20.2. The number of ether oxygens (including phenoxy) is 2. The zero-order valence-corrected chi connectivity index (χ0v) is 52.3. The van der Waals surface area contributed by atoms with Crippen LogP contribution in [0.5, 0.6) is 23.0 Å². The number of para-hydroxylation sites is 8. The summed E-state index contributed by atoms with van der Waals surface area (Å²) in [5.74, 6) is 3.16. The highest BCUT2D eigenvalue weighted by atomic mass is 16.5. The van der Waals surface area contributed by atoms with Gasteiger partial charge in [0.25, 0.3) is 6.71 Å². The van der Waals surface area contributed by atoms with Gasteiger partial charge in [0.15, 0.2) is 0 Å². The number of nitrogens with zero attached hydrogens (tertiary/aromatic N) is 3. The van der Waals surface area contributed by atoms with Crippen molar-refractivity contribution in [1.29, 1.82) is 0 Å². The lowest BCUT2D eigenvalue weighted by atomic mass is 9.33. The van der Waals surface area contributed by atoms with Crippen molar-refractivity contribution < 1.29 is 9.47 Å². The van der Waals surface area contributed by atoms with E-state index in [0.717, 1.165) is 141 Å². The van der Waals surface area contributed by atoms with Crippen LogP contribution < -0.4 is 35.7 Å². The Balaban J connectivity index is 1.12. The van der Waals surface area contributed by atoms with Gasteiger partial charge in [0.05, 0.1) is 39.5 Å². The summed E-state index contributed by atoms with van der Waals surface area (Å²) in [5, 5.41) is 2.40. The molecule has 4 aliphatic heterocycles. The van der Waals surface area contributed by atoms with Crippen LogP contribution in [0.15, 0.2) is 279 Å². The summed E-state index contributed by atoms with van der Waals surface area (Å²) >= 11 is 0. The molecular formula is C86H64BN3O2. The Bertz CT molecular complexity index is 5070. The Morgan fingerprint density at radius 2 is 0.663 bits per heavy atom. The van der Waals surface area contributed by atoms with E-state index in [2.05, 4.69) is 335 Å². The highest BCUT2D eigenvalue weighted by Crippen LogP contribution is 2.60. The molecule has 0 amide bonds. The molecule has 1 aromatic heterocycles. The quantitative estimate of drug-likeness (QED) is 0.165. The molecule has 0 unspecified atom stereocenters. The molecule has 6 heteroatoms. The lowest BCUT2D eigenvalue weighted by Gasteiger charge is -2.48. The first-order chi connectivity index (χ1) is 45.0. The van der Waals surface area contributed by atoms with E-state index in [9.17, 15) is 0 Å². The standard InChI is InChI=1S/C86H64BN3O2/c1-85(2,3)66-39-25-37-62-60-33-15-21-43-74(60)91-76-45-23-17-35-64(76)78-56(53-27-9-7-10-28-53)47-49-68-83(78)89(81(62)66)72-51-55(88-70-41-19-13-31-58(70)59-32-14-20-42-71(59)88)52-73-80(72)87(68)69-50-48-57(54-29-11-8-12-30-54)79-65-36-18-24-46-77(65)92-75-44-22-16-34-61(75)63-38-26-40-67(86(4,5)6)82(63)90(73)84(69)79/h7-52H,1-6H3. The fourth-order valence-electron chi connectivity index (χ4n) is 15.7. The third-order valence-electron chi connectivity index (χ3n) is 19.6. The van der Waals surface area contributed by atoms with Crippen LogP contribution in [0.1, 0.15) is 52.7 Å². The van der Waals surface area contributed by atoms with Gasteiger partial charge >= 0.3 is 0 Å². The molecule has 0 bridgehead atoms. The van der Waals surface area contributed by atoms with Gasteiger partial charge in [0.2, 0.25) is 0 Å². The van der Waals surface area contributed by atoms with Gasteiger partial charge < -0.3 is 23.8 Å². The van der Waals surface area contributed by atoms with Crippen LogP contribution in [0.4, 0.5) is 34.1 Å². The molecule has 0 atom stereocenters. The summed E-state index contributed by atoms with van der Waals surface area (Å²) in [6, 6.07) is 103. The SMILES string of the molecule is CC(C)(C)c1cccc2c1N1c3cc(-n4c5ccccc5c5ccccc54)cc4c3B(c3ccc(-c5ccccc5)c(c31)-c1ccccc1Oc1ccccc1-2)c1ccc(-c2ccccc2)c2c1N4c1c(cccc1C(C)(C)C)-c1ccccc1Oc1ccccc1-2. The largest absolute Gasteiger partial charge is 0.456 e. The topological polar surface area (TPSA) is 29.9 Å². The highest BCUT2D eigenvalue weighted by molar-refractivity contribution is 7.00. The number of fused-ring (bicyclic) bond motifs is 19. The molecule has 14 aromatic rings. The van der Waals surface area contributed by atoms with Crippen molar-refractivity contribution in [3.8, 4) is 95.4 Å². The Hall–Kier alpha value is -11.1. The summed E-state index contributed by atoms with van der Waals surface area (Å²) in [7, 11) is 0. The third kappa shape index (κ3) is 7.99. The zero-order valence-electron chi connectivity index (χ0n) is 52.3. The smallest absolute Gasteiger partial charge is 0.252 e. The van der Waals surface area contributed by atoms with Crippen LogP contribution in [0, 0.1) is 0 Å². The van der Waals surface area contributed by atoms with Crippen LogP contribution in [0.2, 0.25) is 0 Å². The van der Waals surface area contributed by atoms with Gasteiger partial charge in [-0.25, -0.2) is 0 Å². The maximum Gasteiger partial charge on any atom is 0.252 e. The molecule has 0 spiro atoms. The van der Waals surface area contributed by atoms with Gasteiger partial charge in [0.1, 0.15) is 23.0 Å². The van der Waals surface area contributed by atoms with Crippen LogP contribution >= 0.6 is 0 Å². The molecule has 4 aliphatic rings. The first-order valence-electron chi connectivity index (χ1n) is 32.2. The number of rotatable bonds is 3. The second-order valence-corrected chi connectivity index (χ2v) is 27.0. The molecule has 0 aliphatic carbocycles. The van der Waals surface area contributed by atoms with Crippen LogP contribution in [0.3, 0.4) is 0 Å². The van der Waals surface area contributed by atoms with E-state index in [1.54, 1.807) is 0 Å². The van der Waals surface area contributed by atoms with E-state index in [-0.39, 0.29) is 17.5 Å². The van der Waals surface area contributed by atoms with E-state index < -0.39 is 0 Å². The van der Waals surface area contributed by atoms with Crippen molar-refractivity contribution >= 4 is 79.0 Å². The monoisotopic (exact) mass is 1180 g/mol. The van der Waals surface area contributed by atoms with E-state index in [1.165, 1.54) is 38.3 Å². The van der Waals surface area contributed by atoms with Gasteiger partial charge in [-0.1, -0.05) is 272 Å². The average Bonchev–Trinajstić information content (AvgIpc) is 0.701. The molecule has 18 rings (SSSR count). The van der Waals surface area contributed by atoms with E-state index in [4.69, 9.17) is 9.47 Å². The predicted octanol–water partition coefficient (Wildman–Crippen LogP) is 21.7.